The fourth-order valence-corrected chi connectivity index (χ4v) is 6.92. The highest BCUT2D eigenvalue weighted by Crippen LogP contribution is 2.32. The van der Waals surface area contributed by atoms with Crippen molar-refractivity contribution < 1.29 is 14.3 Å². The molecule has 1 atom stereocenters. The van der Waals surface area contributed by atoms with Gasteiger partial charge < -0.3 is 9.47 Å². The number of fused-ring (bicyclic) bond motifs is 1. The average molecular weight is 710 g/mol. The molecule has 0 N–H and O–H groups in total. The van der Waals surface area contributed by atoms with E-state index in [0.29, 0.717) is 42.5 Å². The zero-order chi connectivity index (χ0) is 30.0. The maximum atomic E-state index is 14.0. The molecule has 0 amide bonds. The molecule has 1 aromatic heterocycles. The number of hydrogen-bond acceptors (Lipinski definition) is 7. The van der Waals surface area contributed by atoms with Gasteiger partial charge in [-0.25, -0.2) is 9.79 Å². The summed E-state index contributed by atoms with van der Waals surface area (Å²) in [7, 11) is 0. The number of halogens is 2. The van der Waals surface area contributed by atoms with E-state index in [-0.39, 0.29) is 18.8 Å². The van der Waals surface area contributed by atoms with Crippen LogP contribution < -0.4 is 19.6 Å². The highest BCUT2D eigenvalue weighted by molar-refractivity contribution is 14.1. The van der Waals surface area contributed by atoms with Gasteiger partial charge in [0.15, 0.2) is 4.80 Å². The number of nitrogens with zero attached hydrogens (tertiary/aromatic N) is 3. The molecule has 0 spiro atoms. The molecule has 5 rings (SSSR count). The number of allylic oxidation sites excluding steroid dienone is 1. The Hall–Kier alpha value is -3.72. The molecule has 0 aliphatic carbocycles. The molecule has 4 aromatic rings. The van der Waals surface area contributed by atoms with Gasteiger partial charge in [0, 0.05) is 10.6 Å². The van der Waals surface area contributed by atoms with Crippen LogP contribution >= 0.6 is 45.5 Å². The first-order valence-corrected chi connectivity index (χ1v) is 15.3. The highest BCUT2D eigenvalue weighted by Gasteiger charge is 2.33. The zero-order valence-electron chi connectivity index (χ0n) is 23.0. The Labute approximate surface area is 265 Å². The first kappa shape index (κ1) is 29.8. The minimum absolute atomic E-state index is 0.208. The summed E-state index contributed by atoms with van der Waals surface area (Å²) in [5, 5.41) is 9.58. The van der Waals surface area contributed by atoms with Crippen molar-refractivity contribution >= 4 is 57.6 Å². The van der Waals surface area contributed by atoms with Crippen LogP contribution in [-0.4, -0.2) is 17.1 Å². The zero-order valence-corrected chi connectivity index (χ0v) is 26.7. The number of rotatable bonds is 7. The van der Waals surface area contributed by atoms with Crippen molar-refractivity contribution in [3.8, 4) is 11.8 Å². The Balaban J connectivity index is 1.62. The van der Waals surface area contributed by atoms with Gasteiger partial charge in [-0.2, -0.15) is 5.26 Å². The van der Waals surface area contributed by atoms with E-state index in [0.717, 1.165) is 20.3 Å². The predicted molar refractivity (Wildman–Crippen MR) is 171 cm³/mol. The highest BCUT2D eigenvalue weighted by atomic mass is 127. The molecule has 1 aliphatic rings. The molecule has 0 saturated carbocycles. The number of nitriles is 1. The number of carbonyl (C=O) groups excluding carboxylic acids is 1. The largest absolute Gasteiger partial charge is 0.487 e. The lowest BCUT2D eigenvalue weighted by atomic mass is 9.95. The Kier molecular flexibility index (Phi) is 8.96. The normalized spacial score (nSPS) is 14.7. The van der Waals surface area contributed by atoms with Gasteiger partial charge in [0.1, 0.15) is 12.4 Å². The molecule has 2 heterocycles. The molecule has 1 aliphatic heterocycles. The first-order valence-electron chi connectivity index (χ1n) is 13.1. The number of benzene rings is 3. The number of carbonyl (C=O) groups is 1. The van der Waals surface area contributed by atoms with Gasteiger partial charge in [0.05, 0.1) is 43.7 Å². The molecule has 212 valence electrons. The van der Waals surface area contributed by atoms with Gasteiger partial charge in [-0.05, 0) is 84.8 Å². The van der Waals surface area contributed by atoms with Crippen molar-refractivity contribution in [1.82, 2.24) is 4.57 Å². The van der Waals surface area contributed by atoms with Crippen LogP contribution in [0.25, 0.3) is 6.08 Å². The third-order valence-corrected chi connectivity index (χ3v) is 8.70. The first-order chi connectivity index (χ1) is 20.2. The summed E-state index contributed by atoms with van der Waals surface area (Å²) in [4.78, 5) is 32.3. The summed E-state index contributed by atoms with van der Waals surface area (Å²) in [5.74, 6) is 0.0789. The number of aromatic nitrogens is 1. The third kappa shape index (κ3) is 6.07. The second-order valence-corrected chi connectivity index (χ2v) is 12.2. The molecule has 0 radical (unpaired) electrons. The smallest absolute Gasteiger partial charge is 0.338 e. The Morgan fingerprint density at radius 2 is 1.88 bits per heavy atom. The summed E-state index contributed by atoms with van der Waals surface area (Å²) >= 11 is 9.83. The second kappa shape index (κ2) is 12.7. The van der Waals surface area contributed by atoms with Crippen LogP contribution in [0.5, 0.6) is 5.75 Å². The van der Waals surface area contributed by atoms with Crippen molar-refractivity contribution in [3.05, 3.63) is 128 Å². The van der Waals surface area contributed by atoms with Crippen LogP contribution in [0, 0.1) is 21.8 Å². The molecule has 42 heavy (non-hydrogen) atoms. The van der Waals surface area contributed by atoms with E-state index in [2.05, 4.69) is 33.7 Å². The van der Waals surface area contributed by atoms with Gasteiger partial charge >= 0.3 is 5.97 Å². The maximum absolute atomic E-state index is 14.0. The maximum Gasteiger partial charge on any atom is 0.338 e. The summed E-state index contributed by atoms with van der Waals surface area (Å²) in [5.41, 5.74) is 4.51. The van der Waals surface area contributed by atoms with Gasteiger partial charge in [0.25, 0.3) is 5.56 Å². The van der Waals surface area contributed by atoms with E-state index < -0.39 is 12.0 Å². The third-order valence-electron chi connectivity index (χ3n) is 6.70. The quantitative estimate of drug-likeness (QED) is 0.178. The molecule has 0 bridgehead atoms. The van der Waals surface area contributed by atoms with Crippen LogP contribution in [-0.2, 0) is 16.1 Å². The van der Waals surface area contributed by atoms with E-state index in [1.165, 1.54) is 11.3 Å². The average Bonchev–Trinajstić information content (AvgIpc) is 3.26. The van der Waals surface area contributed by atoms with Gasteiger partial charge in [-0.1, -0.05) is 64.9 Å². The van der Waals surface area contributed by atoms with Crippen molar-refractivity contribution in [2.75, 3.05) is 6.61 Å². The van der Waals surface area contributed by atoms with Crippen LogP contribution in [0.15, 0.2) is 81.7 Å². The minimum atomic E-state index is -0.686. The minimum Gasteiger partial charge on any atom is -0.487 e. The van der Waals surface area contributed by atoms with Crippen LogP contribution in [0.2, 0.25) is 5.02 Å². The molecular formula is C32H25ClIN3O4S. The topological polar surface area (TPSA) is 93.7 Å². The monoisotopic (exact) mass is 709 g/mol. The Morgan fingerprint density at radius 1 is 1.17 bits per heavy atom. The predicted octanol–water partition coefficient (Wildman–Crippen LogP) is 5.82. The summed E-state index contributed by atoms with van der Waals surface area (Å²) < 4.78 is 14.4. The lowest BCUT2D eigenvalue weighted by Crippen LogP contribution is -2.39. The Morgan fingerprint density at radius 3 is 2.55 bits per heavy atom. The summed E-state index contributed by atoms with van der Waals surface area (Å²) in [6.07, 6.45) is 1.75. The lowest BCUT2D eigenvalue weighted by Gasteiger charge is -2.24. The SMILES string of the molecule is CCOC(=O)C1=C(C)N=c2s/c(=C\c3cc(Cl)cc(I)c3OCc3ccc(C#N)cc3)c(=O)n2[C@H]1c1ccc(C)cc1. The lowest BCUT2D eigenvalue weighted by molar-refractivity contribution is -0.139. The van der Waals surface area contributed by atoms with Crippen molar-refractivity contribution in [2.24, 2.45) is 4.99 Å². The number of esters is 1. The van der Waals surface area contributed by atoms with Crippen molar-refractivity contribution in [1.29, 1.82) is 5.26 Å². The molecule has 0 unspecified atom stereocenters. The second-order valence-electron chi connectivity index (χ2n) is 9.62. The Bertz CT molecular complexity index is 1940. The number of aryl methyl sites for hydroxylation is 1. The number of thiazole rings is 1. The number of ether oxygens (including phenoxy) is 2. The van der Waals surface area contributed by atoms with Crippen molar-refractivity contribution in [2.45, 2.75) is 33.4 Å². The van der Waals surface area contributed by atoms with Crippen LogP contribution in [0.4, 0.5) is 0 Å². The standard InChI is InChI=1S/C32H25ClIN3O4S/c1-4-40-31(39)27-19(3)36-32-37(28(27)22-11-5-18(2)6-12-22)30(38)26(42-32)14-23-13-24(33)15-25(34)29(23)41-17-21-9-7-20(16-35)8-10-21/h5-15,28H,4,17H2,1-3H3/b26-14-/t28-/m0/s1. The van der Waals surface area contributed by atoms with Gasteiger partial charge in [-0.15, -0.1) is 0 Å². The van der Waals surface area contributed by atoms with E-state index >= 15 is 0 Å². The van der Waals surface area contributed by atoms with E-state index in [9.17, 15) is 9.59 Å². The summed E-state index contributed by atoms with van der Waals surface area (Å²) in [6.45, 7) is 5.96. The van der Waals surface area contributed by atoms with E-state index in [1.54, 1.807) is 48.8 Å². The van der Waals surface area contributed by atoms with Crippen LogP contribution in [0.1, 0.15) is 47.7 Å². The molecule has 0 saturated heterocycles. The molecular weight excluding hydrogens is 685 g/mol. The van der Waals surface area contributed by atoms with Crippen molar-refractivity contribution in [3.63, 3.8) is 0 Å². The van der Waals surface area contributed by atoms with E-state index in [1.807, 2.05) is 43.3 Å². The molecule has 0 fully saturated rings. The summed E-state index contributed by atoms with van der Waals surface area (Å²) in [6, 6.07) is 19.9. The molecule has 10 heteroatoms. The molecule has 7 nitrogen and oxygen atoms in total. The fraction of sp³-hybridized carbons (Fsp3) is 0.188. The number of hydrogen-bond donors (Lipinski definition) is 0. The van der Waals surface area contributed by atoms with E-state index in [4.69, 9.17) is 26.3 Å². The fourth-order valence-electron chi connectivity index (χ4n) is 4.67. The van der Waals surface area contributed by atoms with Crippen LogP contribution in [0.3, 0.4) is 0 Å². The van der Waals surface area contributed by atoms with Gasteiger partial charge in [0.2, 0.25) is 0 Å². The van der Waals surface area contributed by atoms with Gasteiger partial charge in [-0.3, -0.25) is 9.36 Å². The molecule has 3 aromatic carbocycles.